The molecule has 0 aliphatic carbocycles. The minimum absolute atomic E-state index is 0.0876. The minimum atomic E-state index is 0.0876. The van der Waals surface area contributed by atoms with Crippen LogP contribution in [0.5, 0.6) is 0 Å². The van der Waals surface area contributed by atoms with Crippen LogP contribution >= 0.6 is 0 Å². The third-order valence-electron chi connectivity index (χ3n) is 4.31. The molecule has 3 nitrogen and oxygen atoms in total. The van der Waals surface area contributed by atoms with E-state index in [2.05, 4.69) is 61.0 Å². The molecule has 2 rings (SSSR count). The molecule has 0 aromatic heterocycles. The summed E-state index contributed by atoms with van der Waals surface area (Å²) in [6, 6.07) is 11.2. The summed E-state index contributed by atoms with van der Waals surface area (Å²) in [6.45, 7) is 7.27. The van der Waals surface area contributed by atoms with E-state index in [-0.39, 0.29) is 5.54 Å². The lowest BCUT2D eigenvalue weighted by molar-refractivity contribution is 0.316. The molecule has 1 aliphatic heterocycles. The zero-order chi connectivity index (χ0) is 13.2. The Kier molecular flexibility index (Phi) is 3.93. The number of benzene rings is 1. The first-order valence-electron chi connectivity index (χ1n) is 6.86. The van der Waals surface area contributed by atoms with Crippen molar-refractivity contribution >= 4 is 5.69 Å². The molecule has 2 unspecified atom stereocenters. The lowest BCUT2D eigenvalue weighted by atomic mass is 9.93. The van der Waals surface area contributed by atoms with E-state index in [1.165, 1.54) is 5.69 Å². The van der Waals surface area contributed by atoms with Gasteiger partial charge in [0.15, 0.2) is 0 Å². The van der Waals surface area contributed by atoms with Gasteiger partial charge in [-0.3, -0.25) is 0 Å². The summed E-state index contributed by atoms with van der Waals surface area (Å²) >= 11 is 0. The first kappa shape index (κ1) is 13.4. The van der Waals surface area contributed by atoms with Gasteiger partial charge in [0.25, 0.3) is 0 Å². The molecule has 100 valence electrons. The second-order valence-corrected chi connectivity index (χ2v) is 5.48. The van der Waals surface area contributed by atoms with E-state index in [0.29, 0.717) is 12.6 Å². The van der Waals surface area contributed by atoms with Crippen molar-refractivity contribution in [3.63, 3.8) is 0 Å². The molecule has 1 heterocycles. The SMILES string of the molecule is CCN(c1ccccc1)C1(CN)CC(C)N(C)C1. The van der Waals surface area contributed by atoms with Crippen molar-refractivity contribution < 1.29 is 0 Å². The van der Waals surface area contributed by atoms with Gasteiger partial charge >= 0.3 is 0 Å². The van der Waals surface area contributed by atoms with E-state index in [1.54, 1.807) is 0 Å². The van der Waals surface area contributed by atoms with Crippen LogP contribution in [0, 0.1) is 0 Å². The highest BCUT2D eigenvalue weighted by molar-refractivity contribution is 5.49. The summed E-state index contributed by atoms with van der Waals surface area (Å²) in [5, 5.41) is 0. The minimum Gasteiger partial charge on any atom is -0.364 e. The lowest BCUT2D eigenvalue weighted by Gasteiger charge is -2.42. The summed E-state index contributed by atoms with van der Waals surface area (Å²) in [7, 11) is 2.20. The van der Waals surface area contributed by atoms with E-state index in [0.717, 1.165) is 19.5 Å². The van der Waals surface area contributed by atoms with E-state index in [4.69, 9.17) is 5.73 Å². The van der Waals surface area contributed by atoms with Gasteiger partial charge < -0.3 is 15.5 Å². The number of nitrogens with two attached hydrogens (primary N) is 1. The molecule has 0 spiro atoms. The first-order valence-corrected chi connectivity index (χ1v) is 6.86. The van der Waals surface area contributed by atoms with Crippen LogP contribution in [-0.2, 0) is 0 Å². The number of hydrogen-bond donors (Lipinski definition) is 1. The Bertz CT molecular complexity index is 367. The number of nitrogens with zero attached hydrogens (tertiary/aromatic N) is 2. The summed E-state index contributed by atoms with van der Waals surface area (Å²) < 4.78 is 0. The number of likely N-dealkylation sites (N-methyl/N-ethyl adjacent to an activating group) is 2. The normalized spacial score (nSPS) is 28.6. The van der Waals surface area contributed by atoms with Crippen molar-refractivity contribution in [1.82, 2.24) is 4.90 Å². The van der Waals surface area contributed by atoms with Crippen LogP contribution in [0.1, 0.15) is 20.3 Å². The molecule has 0 radical (unpaired) electrons. The van der Waals surface area contributed by atoms with Gasteiger partial charge in [-0.15, -0.1) is 0 Å². The van der Waals surface area contributed by atoms with Crippen LogP contribution < -0.4 is 10.6 Å². The van der Waals surface area contributed by atoms with Crippen LogP contribution in [0.3, 0.4) is 0 Å². The highest BCUT2D eigenvalue weighted by Gasteiger charge is 2.43. The number of likely N-dealkylation sites (tertiary alicyclic amines) is 1. The number of rotatable bonds is 4. The molecular formula is C15H25N3. The van der Waals surface area contributed by atoms with Gasteiger partial charge in [-0.1, -0.05) is 18.2 Å². The van der Waals surface area contributed by atoms with Crippen molar-refractivity contribution in [2.75, 3.05) is 31.6 Å². The van der Waals surface area contributed by atoms with Gasteiger partial charge in [0.2, 0.25) is 0 Å². The number of para-hydroxylation sites is 1. The Morgan fingerprint density at radius 3 is 2.50 bits per heavy atom. The van der Waals surface area contributed by atoms with Gasteiger partial charge in [0.05, 0.1) is 5.54 Å². The third-order valence-corrected chi connectivity index (χ3v) is 4.31. The molecule has 0 bridgehead atoms. The van der Waals surface area contributed by atoms with Gasteiger partial charge in [-0.25, -0.2) is 0 Å². The topological polar surface area (TPSA) is 32.5 Å². The molecular weight excluding hydrogens is 222 g/mol. The van der Waals surface area contributed by atoms with Gasteiger partial charge in [-0.05, 0) is 39.4 Å². The largest absolute Gasteiger partial charge is 0.364 e. The molecule has 0 amide bonds. The molecule has 3 heteroatoms. The van der Waals surface area contributed by atoms with Crippen molar-refractivity contribution in [2.24, 2.45) is 5.73 Å². The zero-order valence-corrected chi connectivity index (χ0v) is 11.8. The summed E-state index contributed by atoms with van der Waals surface area (Å²) in [4.78, 5) is 4.89. The maximum atomic E-state index is 6.14. The average Bonchev–Trinajstić information content (AvgIpc) is 2.68. The molecule has 1 aliphatic rings. The Labute approximate surface area is 111 Å². The van der Waals surface area contributed by atoms with Gasteiger partial charge in [0.1, 0.15) is 0 Å². The Morgan fingerprint density at radius 1 is 1.39 bits per heavy atom. The van der Waals surface area contributed by atoms with E-state index >= 15 is 0 Å². The molecule has 18 heavy (non-hydrogen) atoms. The van der Waals surface area contributed by atoms with Crippen molar-refractivity contribution in [3.8, 4) is 0 Å². The smallest absolute Gasteiger partial charge is 0.0665 e. The van der Waals surface area contributed by atoms with Crippen LogP contribution in [0.15, 0.2) is 30.3 Å². The first-order chi connectivity index (χ1) is 8.63. The van der Waals surface area contributed by atoms with E-state index in [1.807, 2.05) is 0 Å². The van der Waals surface area contributed by atoms with Crippen LogP contribution in [0.4, 0.5) is 5.69 Å². The summed E-state index contributed by atoms with van der Waals surface area (Å²) in [6.07, 6.45) is 1.14. The predicted molar refractivity (Wildman–Crippen MR) is 78.0 cm³/mol. The fourth-order valence-electron chi connectivity index (χ4n) is 3.24. The van der Waals surface area contributed by atoms with Crippen molar-refractivity contribution in [2.45, 2.75) is 31.8 Å². The molecule has 2 atom stereocenters. The summed E-state index contributed by atoms with van der Waals surface area (Å²) in [5.74, 6) is 0. The zero-order valence-electron chi connectivity index (χ0n) is 11.8. The number of hydrogen-bond acceptors (Lipinski definition) is 3. The van der Waals surface area contributed by atoms with Crippen molar-refractivity contribution in [1.29, 1.82) is 0 Å². The highest BCUT2D eigenvalue weighted by Crippen LogP contribution is 2.34. The predicted octanol–water partition coefficient (Wildman–Crippen LogP) is 1.93. The van der Waals surface area contributed by atoms with Crippen LogP contribution in [0.2, 0.25) is 0 Å². The molecule has 2 N–H and O–H groups in total. The fourth-order valence-corrected chi connectivity index (χ4v) is 3.24. The molecule has 0 saturated carbocycles. The van der Waals surface area contributed by atoms with Gasteiger partial charge in [-0.2, -0.15) is 0 Å². The maximum Gasteiger partial charge on any atom is 0.0665 e. The Hall–Kier alpha value is -1.06. The quantitative estimate of drug-likeness (QED) is 0.882. The molecule has 1 aromatic carbocycles. The standard InChI is InChI=1S/C15H25N3/c1-4-18(14-8-6-5-7-9-14)15(11-16)10-13(2)17(3)12-15/h5-9,13H,4,10-12,16H2,1-3H3. The second kappa shape index (κ2) is 5.29. The summed E-state index contributed by atoms with van der Waals surface area (Å²) in [5.41, 5.74) is 7.51. The fraction of sp³-hybridized carbons (Fsp3) is 0.600. The van der Waals surface area contributed by atoms with Gasteiger partial charge in [0, 0.05) is 31.4 Å². The van der Waals surface area contributed by atoms with Crippen LogP contribution in [-0.4, -0.2) is 43.2 Å². The van der Waals surface area contributed by atoms with Crippen molar-refractivity contribution in [3.05, 3.63) is 30.3 Å². The molecule has 1 fully saturated rings. The monoisotopic (exact) mass is 247 g/mol. The highest BCUT2D eigenvalue weighted by atomic mass is 15.3. The van der Waals surface area contributed by atoms with Crippen LogP contribution in [0.25, 0.3) is 0 Å². The number of anilines is 1. The average molecular weight is 247 g/mol. The van der Waals surface area contributed by atoms with E-state index < -0.39 is 0 Å². The second-order valence-electron chi connectivity index (χ2n) is 5.48. The maximum absolute atomic E-state index is 6.14. The Morgan fingerprint density at radius 2 is 2.06 bits per heavy atom. The molecule has 1 aromatic rings. The lowest BCUT2D eigenvalue weighted by Crippen LogP contribution is -2.55. The van der Waals surface area contributed by atoms with E-state index in [9.17, 15) is 0 Å². The third kappa shape index (κ3) is 2.25. The Balaban J connectivity index is 2.31. The molecule has 1 saturated heterocycles.